The maximum Gasteiger partial charge on any atom is 0.320 e. The lowest BCUT2D eigenvalue weighted by Gasteiger charge is -2.37. The van der Waals surface area contributed by atoms with Gasteiger partial charge in [-0.2, -0.15) is 0 Å². The second kappa shape index (κ2) is 7.33. The van der Waals surface area contributed by atoms with E-state index in [1.807, 2.05) is 25.7 Å². The van der Waals surface area contributed by atoms with E-state index in [1.54, 1.807) is 9.80 Å². The summed E-state index contributed by atoms with van der Waals surface area (Å²) in [6.07, 6.45) is 0.650. The molecule has 1 fully saturated rings. The van der Waals surface area contributed by atoms with Crippen LogP contribution in [0.3, 0.4) is 0 Å². The molecule has 1 aliphatic heterocycles. The van der Waals surface area contributed by atoms with Gasteiger partial charge in [-0.1, -0.05) is 6.92 Å². The molecule has 1 saturated heterocycles. The lowest BCUT2D eigenvalue weighted by molar-refractivity contribution is -0.134. The van der Waals surface area contributed by atoms with Gasteiger partial charge in [-0.25, -0.2) is 4.79 Å². The van der Waals surface area contributed by atoms with E-state index in [9.17, 15) is 9.59 Å². The van der Waals surface area contributed by atoms with E-state index < -0.39 is 6.04 Å². The lowest BCUT2D eigenvalue weighted by Crippen LogP contribution is -2.56. The van der Waals surface area contributed by atoms with E-state index in [0.717, 1.165) is 13.1 Å². The summed E-state index contributed by atoms with van der Waals surface area (Å²) in [6.45, 7) is 9.64. The highest BCUT2D eigenvalue weighted by atomic mass is 16.2. The lowest BCUT2D eigenvalue weighted by atomic mass is 10.2. The molecule has 0 bridgehead atoms. The van der Waals surface area contributed by atoms with E-state index in [0.29, 0.717) is 32.6 Å². The normalized spacial score (nSPS) is 17.3. The van der Waals surface area contributed by atoms with Crippen molar-refractivity contribution in [3.05, 3.63) is 0 Å². The molecular formula is C13H26N4O2. The minimum Gasteiger partial charge on any atom is -0.338 e. The highest BCUT2D eigenvalue weighted by Crippen LogP contribution is 2.07. The molecule has 2 N–H and O–H groups in total. The minimum absolute atomic E-state index is 0.00237. The molecule has 0 aromatic carbocycles. The van der Waals surface area contributed by atoms with Gasteiger partial charge in [-0.05, 0) is 20.3 Å². The van der Waals surface area contributed by atoms with Crippen molar-refractivity contribution >= 4 is 11.9 Å². The average molecular weight is 270 g/mol. The van der Waals surface area contributed by atoms with Crippen molar-refractivity contribution in [2.45, 2.75) is 33.2 Å². The SMILES string of the molecule is CCC(N)C(=O)N1CCN(C(=O)N(CC)CC)CC1. The number of piperazine rings is 1. The number of urea groups is 1. The topological polar surface area (TPSA) is 69.9 Å². The maximum absolute atomic E-state index is 12.2. The second-order valence-electron chi connectivity index (χ2n) is 4.78. The van der Waals surface area contributed by atoms with Crippen LogP contribution in [0.15, 0.2) is 0 Å². The van der Waals surface area contributed by atoms with Gasteiger partial charge in [0.2, 0.25) is 5.91 Å². The van der Waals surface area contributed by atoms with Gasteiger partial charge < -0.3 is 20.4 Å². The van der Waals surface area contributed by atoms with Gasteiger partial charge in [-0.3, -0.25) is 4.79 Å². The maximum atomic E-state index is 12.2. The van der Waals surface area contributed by atoms with Gasteiger partial charge in [0.15, 0.2) is 0 Å². The van der Waals surface area contributed by atoms with Gasteiger partial charge in [0.05, 0.1) is 6.04 Å². The summed E-state index contributed by atoms with van der Waals surface area (Å²) in [5.41, 5.74) is 5.75. The summed E-state index contributed by atoms with van der Waals surface area (Å²) in [5.74, 6) is -0.00237. The zero-order chi connectivity index (χ0) is 14.4. The number of hydrogen-bond acceptors (Lipinski definition) is 3. The van der Waals surface area contributed by atoms with Crippen molar-refractivity contribution in [1.29, 1.82) is 0 Å². The summed E-state index contributed by atoms with van der Waals surface area (Å²) in [5, 5.41) is 0. The molecule has 1 atom stereocenters. The van der Waals surface area contributed by atoms with Crippen molar-refractivity contribution in [1.82, 2.24) is 14.7 Å². The molecule has 0 radical (unpaired) electrons. The van der Waals surface area contributed by atoms with Crippen molar-refractivity contribution in [2.75, 3.05) is 39.3 Å². The van der Waals surface area contributed by atoms with Crippen LogP contribution in [-0.4, -0.2) is 71.9 Å². The molecule has 1 heterocycles. The first-order chi connectivity index (χ1) is 9.04. The van der Waals surface area contributed by atoms with Crippen LogP contribution >= 0.6 is 0 Å². The summed E-state index contributed by atoms with van der Waals surface area (Å²) >= 11 is 0. The predicted octanol–water partition coefficient (Wildman–Crippen LogP) is 0.330. The van der Waals surface area contributed by atoms with Gasteiger partial charge >= 0.3 is 6.03 Å². The fourth-order valence-electron chi connectivity index (χ4n) is 2.22. The van der Waals surface area contributed by atoms with Crippen LogP contribution in [0.4, 0.5) is 4.79 Å². The van der Waals surface area contributed by atoms with Crippen LogP contribution in [-0.2, 0) is 4.79 Å². The van der Waals surface area contributed by atoms with E-state index in [4.69, 9.17) is 5.73 Å². The molecule has 0 aliphatic carbocycles. The number of amides is 3. The van der Waals surface area contributed by atoms with Crippen molar-refractivity contribution in [3.8, 4) is 0 Å². The third-order valence-electron chi connectivity index (χ3n) is 3.65. The molecule has 0 aromatic rings. The second-order valence-corrected chi connectivity index (χ2v) is 4.78. The third-order valence-corrected chi connectivity index (χ3v) is 3.65. The molecule has 0 saturated carbocycles. The van der Waals surface area contributed by atoms with Crippen LogP contribution < -0.4 is 5.73 Å². The number of carbonyl (C=O) groups is 2. The molecule has 1 aliphatic rings. The Labute approximate surface area is 115 Å². The highest BCUT2D eigenvalue weighted by Gasteiger charge is 2.27. The number of carbonyl (C=O) groups excluding carboxylic acids is 2. The summed E-state index contributed by atoms with van der Waals surface area (Å²) < 4.78 is 0. The first kappa shape index (κ1) is 15.8. The quantitative estimate of drug-likeness (QED) is 0.800. The Balaban J connectivity index is 2.49. The van der Waals surface area contributed by atoms with E-state index >= 15 is 0 Å². The molecular weight excluding hydrogens is 244 g/mol. The fraction of sp³-hybridized carbons (Fsp3) is 0.846. The summed E-state index contributed by atoms with van der Waals surface area (Å²) in [6, 6.07) is -0.345. The van der Waals surface area contributed by atoms with Crippen molar-refractivity contribution < 1.29 is 9.59 Å². The third kappa shape index (κ3) is 3.83. The zero-order valence-corrected chi connectivity index (χ0v) is 12.3. The Kier molecular flexibility index (Phi) is 6.08. The molecule has 1 rings (SSSR count). The predicted molar refractivity (Wildman–Crippen MR) is 74.7 cm³/mol. The number of nitrogens with zero attached hydrogens (tertiary/aromatic N) is 3. The standard InChI is InChI=1S/C13H26N4O2/c1-4-11(14)12(18)16-7-9-17(10-8-16)13(19)15(5-2)6-3/h11H,4-10,14H2,1-3H3. The van der Waals surface area contributed by atoms with Crippen LogP contribution in [0.1, 0.15) is 27.2 Å². The van der Waals surface area contributed by atoms with Crippen LogP contribution in [0.2, 0.25) is 0 Å². The molecule has 110 valence electrons. The largest absolute Gasteiger partial charge is 0.338 e. The zero-order valence-electron chi connectivity index (χ0n) is 12.3. The Morgan fingerprint density at radius 3 is 1.95 bits per heavy atom. The highest BCUT2D eigenvalue weighted by molar-refractivity contribution is 5.82. The van der Waals surface area contributed by atoms with Crippen LogP contribution in [0, 0.1) is 0 Å². The van der Waals surface area contributed by atoms with Gasteiger partial charge in [-0.15, -0.1) is 0 Å². The molecule has 1 unspecified atom stereocenters. The van der Waals surface area contributed by atoms with Crippen molar-refractivity contribution in [2.24, 2.45) is 5.73 Å². The number of hydrogen-bond donors (Lipinski definition) is 1. The molecule has 0 aromatic heterocycles. The van der Waals surface area contributed by atoms with E-state index in [-0.39, 0.29) is 11.9 Å². The Hall–Kier alpha value is -1.30. The first-order valence-electron chi connectivity index (χ1n) is 7.13. The molecule has 0 spiro atoms. The average Bonchev–Trinajstić information content (AvgIpc) is 2.47. The molecule has 6 nitrogen and oxygen atoms in total. The van der Waals surface area contributed by atoms with E-state index in [1.165, 1.54) is 0 Å². The van der Waals surface area contributed by atoms with Gasteiger partial charge in [0.25, 0.3) is 0 Å². The number of nitrogens with two attached hydrogens (primary N) is 1. The Morgan fingerprint density at radius 1 is 1.05 bits per heavy atom. The van der Waals surface area contributed by atoms with Gasteiger partial charge in [0, 0.05) is 39.3 Å². The smallest absolute Gasteiger partial charge is 0.320 e. The van der Waals surface area contributed by atoms with Gasteiger partial charge in [0.1, 0.15) is 0 Å². The Morgan fingerprint density at radius 2 is 1.53 bits per heavy atom. The molecule has 6 heteroatoms. The fourth-order valence-corrected chi connectivity index (χ4v) is 2.22. The first-order valence-corrected chi connectivity index (χ1v) is 7.13. The van der Waals surface area contributed by atoms with Crippen LogP contribution in [0.5, 0.6) is 0 Å². The summed E-state index contributed by atoms with van der Waals surface area (Å²) in [7, 11) is 0. The summed E-state index contributed by atoms with van der Waals surface area (Å²) in [4.78, 5) is 29.5. The Bertz CT molecular complexity index is 310. The van der Waals surface area contributed by atoms with Crippen molar-refractivity contribution in [3.63, 3.8) is 0 Å². The van der Waals surface area contributed by atoms with Crippen LogP contribution in [0.25, 0.3) is 0 Å². The minimum atomic E-state index is -0.412. The molecule has 3 amide bonds. The molecule has 19 heavy (non-hydrogen) atoms. The van der Waals surface area contributed by atoms with E-state index in [2.05, 4.69) is 0 Å². The monoisotopic (exact) mass is 270 g/mol. The number of rotatable bonds is 4.